The first kappa shape index (κ1) is 14.8. The molecule has 3 aromatic heterocycles. The van der Waals surface area contributed by atoms with Crippen molar-refractivity contribution in [2.75, 3.05) is 18.4 Å². The number of rotatable bonds is 3. The monoisotopic (exact) mass is 323 g/mol. The molecule has 2 N–H and O–H groups in total. The molecule has 0 aromatic carbocycles. The molecule has 1 saturated heterocycles. The predicted octanol–water partition coefficient (Wildman–Crippen LogP) is 2.22. The number of aromatic nitrogens is 3. The van der Waals surface area contributed by atoms with E-state index in [2.05, 4.69) is 25.6 Å². The molecule has 24 heavy (non-hydrogen) atoms. The number of nitrogens with one attached hydrogen (secondary N) is 2. The van der Waals surface area contributed by atoms with Gasteiger partial charge in [-0.15, -0.1) is 0 Å². The van der Waals surface area contributed by atoms with Gasteiger partial charge in [0.25, 0.3) is 0 Å². The van der Waals surface area contributed by atoms with Crippen molar-refractivity contribution in [2.45, 2.75) is 12.8 Å². The Labute approximate surface area is 138 Å². The van der Waals surface area contributed by atoms with Crippen LogP contribution in [0, 0.1) is 5.92 Å². The van der Waals surface area contributed by atoms with Gasteiger partial charge in [0.05, 0.1) is 17.6 Å². The maximum Gasteiger partial charge on any atom is 0.229 e. The van der Waals surface area contributed by atoms with Gasteiger partial charge in [0.15, 0.2) is 12.2 Å². The Balaban J connectivity index is 1.58. The fraction of sp³-hybridized carbons (Fsp3) is 0.294. The molecule has 0 spiro atoms. The van der Waals surface area contributed by atoms with Crippen LogP contribution in [0.4, 0.5) is 5.82 Å². The number of hydrogen-bond acceptors (Lipinski definition) is 6. The van der Waals surface area contributed by atoms with E-state index in [1.165, 1.54) is 6.39 Å². The van der Waals surface area contributed by atoms with E-state index in [-0.39, 0.29) is 11.8 Å². The van der Waals surface area contributed by atoms with Gasteiger partial charge in [0, 0.05) is 24.2 Å². The molecule has 0 bridgehead atoms. The Hall–Kier alpha value is -2.80. The second-order valence-electron chi connectivity index (χ2n) is 5.86. The number of carbonyl (C=O) groups is 1. The Morgan fingerprint density at radius 1 is 1.33 bits per heavy atom. The van der Waals surface area contributed by atoms with E-state index in [1.54, 1.807) is 18.5 Å². The van der Waals surface area contributed by atoms with Gasteiger partial charge in [0.1, 0.15) is 11.5 Å². The Morgan fingerprint density at radius 2 is 2.29 bits per heavy atom. The van der Waals surface area contributed by atoms with Crippen LogP contribution in [0.25, 0.3) is 22.4 Å². The van der Waals surface area contributed by atoms with Crippen LogP contribution in [0.1, 0.15) is 12.8 Å². The van der Waals surface area contributed by atoms with Gasteiger partial charge in [-0.05, 0) is 31.5 Å². The lowest BCUT2D eigenvalue weighted by atomic mass is 9.99. The second kappa shape index (κ2) is 6.37. The minimum atomic E-state index is -0.00951. The van der Waals surface area contributed by atoms with Crippen molar-refractivity contribution in [3.8, 4) is 11.5 Å². The second-order valence-corrected chi connectivity index (χ2v) is 5.86. The summed E-state index contributed by atoms with van der Waals surface area (Å²) in [7, 11) is 0. The number of hydrogen-bond donors (Lipinski definition) is 2. The van der Waals surface area contributed by atoms with E-state index in [4.69, 9.17) is 4.42 Å². The normalized spacial score (nSPS) is 17.8. The van der Waals surface area contributed by atoms with Crippen LogP contribution in [-0.4, -0.2) is 33.9 Å². The maximum atomic E-state index is 12.3. The van der Waals surface area contributed by atoms with Crippen LogP contribution < -0.4 is 10.6 Å². The predicted molar refractivity (Wildman–Crippen MR) is 89.3 cm³/mol. The minimum Gasteiger partial charge on any atom is -0.442 e. The largest absolute Gasteiger partial charge is 0.442 e. The Morgan fingerprint density at radius 3 is 3.08 bits per heavy atom. The first-order valence-electron chi connectivity index (χ1n) is 7.97. The summed E-state index contributed by atoms with van der Waals surface area (Å²) in [5, 5.41) is 7.04. The first-order valence-corrected chi connectivity index (χ1v) is 7.97. The lowest BCUT2D eigenvalue weighted by Crippen LogP contribution is -2.37. The molecular formula is C17H17N5O2. The summed E-state index contributed by atoms with van der Waals surface area (Å²) in [6.07, 6.45) is 6.62. The molecule has 4 rings (SSSR count). The number of oxazole rings is 1. The summed E-state index contributed by atoms with van der Waals surface area (Å²) in [6.45, 7) is 1.69. The molecule has 0 unspecified atom stereocenters. The van der Waals surface area contributed by atoms with Crippen LogP contribution in [0.5, 0.6) is 0 Å². The molecule has 4 heterocycles. The van der Waals surface area contributed by atoms with Crippen molar-refractivity contribution in [1.82, 2.24) is 20.3 Å². The van der Waals surface area contributed by atoms with Crippen molar-refractivity contribution < 1.29 is 9.21 Å². The van der Waals surface area contributed by atoms with Crippen LogP contribution in [0.15, 0.2) is 41.4 Å². The van der Waals surface area contributed by atoms with Crippen molar-refractivity contribution in [3.05, 3.63) is 37.0 Å². The van der Waals surface area contributed by atoms with Gasteiger partial charge in [-0.3, -0.25) is 4.79 Å². The molecule has 1 aliphatic heterocycles. The lowest BCUT2D eigenvalue weighted by molar-refractivity contribution is -0.120. The average Bonchev–Trinajstić information content (AvgIpc) is 3.16. The van der Waals surface area contributed by atoms with Crippen LogP contribution >= 0.6 is 0 Å². The quantitative estimate of drug-likeness (QED) is 0.768. The Bertz CT molecular complexity index is 857. The highest BCUT2D eigenvalue weighted by atomic mass is 16.3. The molecule has 7 heteroatoms. The third kappa shape index (κ3) is 2.98. The summed E-state index contributed by atoms with van der Waals surface area (Å²) in [5.41, 5.74) is 1.44. The number of amides is 1. The van der Waals surface area contributed by atoms with Crippen molar-refractivity contribution in [3.63, 3.8) is 0 Å². The minimum absolute atomic E-state index is 0.000407. The van der Waals surface area contributed by atoms with Crippen LogP contribution in [0.3, 0.4) is 0 Å². The third-order valence-corrected chi connectivity index (χ3v) is 4.18. The van der Waals surface area contributed by atoms with E-state index >= 15 is 0 Å². The van der Waals surface area contributed by atoms with E-state index < -0.39 is 0 Å². The zero-order valence-electron chi connectivity index (χ0n) is 13.0. The van der Waals surface area contributed by atoms with Gasteiger partial charge in [0.2, 0.25) is 5.91 Å². The zero-order valence-corrected chi connectivity index (χ0v) is 13.0. The summed E-state index contributed by atoms with van der Waals surface area (Å²) in [5.74, 6) is 1.11. The molecule has 0 radical (unpaired) electrons. The van der Waals surface area contributed by atoms with Gasteiger partial charge < -0.3 is 15.1 Å². The first-order chi connectivity index (χ1) is 11.8. The smallest absolute Gasteiger partial charge is 0.229 e. The molecule has 3 aromatic rings. The number of nitrogens with zero attached hydrogens (tertiary/aromatic N) is 3. The summed E-state index contributed by atoms with van der Waals surface area (Å²) in [6, 6.07) is 5.56. The van der Waals surface area contributed by atoms with Crippen LogP contribution in [-0.2, 0) is 4.79 Å². The highest BCUT2D eigenvalue weighted by molar-refractivity contribution is 5.93. The van der Waals surface area contributed by atoms with E-state index in [9.17, 15) is 4.79 Å². The van der Waals surface area contributed by atoms with Crippen molar-refractivity contribution in [1.29, 1.82) is 0 Å². The SMILES string of the molecule is O=C(Nc1cc2nc(-c3cnco3)ccc2cn1)[C@@H]1CCCNC1. The summed E-state index contributed by atoms with van der Waals surface area (Å²) >= 11 is 0. The molecule has 1 atom stereocenters. The van der Waals surface area contributed by atoms with Crippen molar-refractivity contribution in [2.24, 2.45) is 5.92 Å². The summed E-state index contributed by atoms with van der Waals surface area (Å²) in [4.78, 5) is 25.1. The molecular weight excluding hydrogens is 306 g/mol. The molecule has 7 nitrogen and oxygen atoms in total. The standard InChI is InChI=1S/C17H17N5O2/c23-17(12-2-1-5-18-7-12)22-16-6-14-11(8-20-16)3-4-13(21-14)15-9-19-10-24-15/h3-4,6,8-10,12,18H,1-2,5,7H2,(H,20,22,23)/t12-/m1/s1. The number of fused-ring (bicyclic) bond motifs is 1. The van der Waals surface area contributed by atoms with E-state index in [0.717, 1.165) is 30.3 Å². The number of carbonyl (C=O) groups excluding carboxylic acids is 1. The number of anilines is 1. The molecule has 122 valence electrons. The zero-order chi connectivity index (χ0) is 16.4. The number of piperidine rings is 1. The summed E-state index contributed by atoms with van der Waals surface area (Å²) < 4.78 is 5.28. The molecule has 1 aliphatic rings. The fourth-order valence-electron chi connectivity index (χ4n) is 2.87. The molecule has 0 saturated carbocycles. The van der Waals surface area contributed by atoms with Gasteiger partial charge >= 0.3 is 0 Å². The maximum absolute atomic E-state index is 12.3. The highest BCUT2D eigenvalue weighted by Gasteiger charge is 2.21. The van der Waals surface area contributed by atoms with Gasteiger partial charge in [-0.25, -0.2) is 15.0 Å². The van der Waals surface area contributed by atoms with E-state index in [0.29, 0.717) is 23.8 Å². The van der Waals surface area contributed by atoms with E-state index in [1.807, 2.05) is 12.1 Å². The third-order valence-electron chi connectivity index (χ3n) is 4.18. The molecule has 1 amide bonds. The average molecular weight is 323 g/mol. The molecule has 0 aliphatic carbocycles. The molecule has 1 fully saturated rings. The topological polar surface area (TPSA) is 92.9 Å². The Kier molecular flexibility index (Phi) is 3.92. The highest BCUT2D eigenvalue weighted by Crippen LogP contribution is 2.22. The fourth-order valence-corrected chi connectivity index (χ4v) is 2.87. The van der Waals surface area contributed by atoms with Crippen LogP contribution in [0.2, 0.25) is 0 Å². The van der Waals surface area contributed by atoms with Gasteiger partial charge in [-0.2, -0.15) is 0 Å². The number of pyridine rings is 2. The van der Waals surface area contributed by atoms with Crippen molar-refractivity contribution >= 4 is 22.6 Å². The lowest BCUT2D eigenvalue weighted by Gasteiger charge is -2.21. The van der Waals surface area contributed by atoms with Gasteiger partial charge in [-0.1, -0.05) is 0 Å².